The summed E-state index contributed by atoms with van der Waals surface area (Å²) in [5.41, 5.74) is 0. The predicted molar refractivity (Wildman–Crippen MR) is 53.0 cm³/mol. The Morgan fingerprint density at radius 2 is 1.81 bits per heavy atom. The Morgan fingerprint density at radius 1 is 1.25 bits per heavy atom. The number of carboxylic acid groups (broad SMARTS) is 1. The molecule has 0 bridgehead atoms. The highest BCUT2D eigenvalue weighted by atomic mass is 16.5. The molecular weight excluding hydrogens is 220 g/mol. The fourth-order valence-corrected chi connectivity index (χ4v) is 1.06. The van der Waals surface area contributed by atoms with Crippen LogP contribution in [0.2, 0.25) is 0 Å². The number of carbonyl (C=O) groups is 1. The Balaban J connectivity index is 4.92. The topological polar surface area (TPSA) is 105 Å². The van der Waals surface area contributed by atoms with Crippen LogP contribution >= 0.6 is 0 Å². The summed E-state index contributed by atoms with van der Waals surface area (Å²) in [6.45, 7) is -0.00165. The Morgan fingerprint density at radius 3 is 2.12 bits per heavy atom. The summed E-state index contributed by atoms with van der Waals surface area (Å²) >= 11 is 0. The largest absolute Gasteiger partial charge is 0.506 e. The zero-order chi connectivity index (χ0) is 12.7. The smallest absolute Gasteiger partial charge is 0.374 e. The van der Waals surface area contributed by atoms with Crippen molar-refractivity contribution < 1.29 is 34.3 Å². The van der Waals surface area contributed by atoms with Crippen molar-refractivity contribution in [2.24, 2.45) is 0 Å². The highest BCUT2D eigenvalue weighted by molar-refractivity contribution is 5.84. The van der Waals surface area contributed by atoms with Crippen molar-refractivity contribution in [1.29, 1.82) is 0 Å². The predicted octanol–water partition coefficient (Wildman–Crippen LogP) is -0.491. The van der Waals surface area contributed by atoms with E-state index in [2.05, 4.69) is 4.74 Å². The fourth-order valence-electron chi connectivity index (χ4n) is 1.06. The van der Waals surface area contributed by atoms with Crippen LogP contribution < -0.4 is 0 Å². The number of hydrogen-bond donors (Lipinski definition) is 3. The lowest BCUT2D eigenvalue weighted by Crippen LogP contribution is -2.35. The van der Waals surface area contributed by atoms with Gasteiger partial charge in [-0.2, -0.15) is 0 Å². The first kappa shape index (κ1) is 14.7. The lowest BCUT2D eigenvalue weighted by atomic mass is 10.1. The van der Waals surface area contributed by atoms with Crippen LogP contribution in [0.15, 0.2) is 11.5 Å². The fraction of sp³-hybridized carbons (Fsp3) is 0.667. The van der Waals surface area contributed by atoms with Gasteiger partial charge in [-0.3, -0.25) is 0 Å². The van der Waals surface area contributed by atoms with Gasteiger partial charge in [0.05, 0.1) is 13.7 Å². The molecule has 0 saturated heterocycles. The van der Waals surface area contributed by atoms with Crippen LogP contribution in [0, 0.1) is 0 Å². The van der Waals surface area contributed by atoms with Crippen molar-refractivity contribution in [1.82, 2.24) is 0 Å². The standard InChI is InChI=1S/C9H16O7/c1-14-4-5(15-2)6(10)7(11)8(16-3)9(12)13/h5-6,10-11H,4H2,1-3H3,(H,12,13). The summed E-state index contributed by atoms with van der Waals surface area (Å²) < 4.78 is 14.0. The molecule has 0 fully saturated rings. The summed E-state index contributed by atoms with van der Waals surface area (Å²) in [7, 11) is 3.76. The first-order valence-electron chi connectivity index (χ1n) is 4.39. The third kappa shape index (κ3) is 3.69. The molecule has 0 aliphatic carbocycles. The summed E-state index contributed by atoms with van der Waals surface area (Å²) in [5.74, 6) is -3.02. The van der Waals surface area contributed by atoms with Crippen LogP contribution in [0.3, 0.4) is 0 Å². The van der Waals surface area contributed by atoms with E-state index in [0.29, 0.717) is 0 Å². The van der Waals surface area contributed by atoms with Gasteiger partial charge in [0.2, 0.25) is 5.76 Å². The molecule has 0 aromatic heterocycles. The second-order valence-electron chi connectivity index (χ2n) is 2.90. The number of aliphatic carboxylic acids is 1. The molecule has 0 heterocycles. The zero-order valence-electron chi connectivity index (χ0n) is 9.34. The van der Waals surface area contributed by atoms with Crippen LogP contribution in [0.1, 0.15) is 0 Å². The number of methoxy groups -OCH3 is 3. The van der Waals surface area contributed by atoms with Gasteiger partial charge in [-0.1, -0.05) is 0 Å². The van der Waals surface area contributed by atoms with Gasteiger partial charge in [-0.05, 0) is 0 Å². The van der Waals surface area contributed by atoms with Gasteiger partial charge in [-0.15, -0.1) is 0 Å². The van der Waals surface area contributed by atoms with Crippen molar-refractivity contribution in [3.63, 3.8) is 0 Å². The minimum absolute atomic E-state index is 0.00165. The van der Waals surface area contributed by atoms with Crippen molar-refractivity contribution in [3.05, 3.63) is 11.5 Å². The maximum Gasteiger partial charge on any atom is 0.374 e. The van der Waals surface area contributed by atoms with E-state index in [1.165, 1.54) is 14.2 Å². The summed E-state index contributed by atoms with van der Waals surface area (Å²) in [4.78, 5) is 10.6. The number of aliphatic hydroxyl groups excluding tert-OH is 2. The average molecular weight is 236 g/mol. The number of aliphatic hydroxyl groups is 2. The quantitative estimate of drug-likeness (QED) is 0.404. The van der Waals surface area contributed by atoms with E-state index in [-0.39, 0.29) is 6.61 Å². The van der Waals surface area contributed by atoms with Crippen LogP contribution in [-0.4, -0.2) is 61.4 Å². The Hall–Kier alpha value is -1.31. The molecule has 0 radical (unpaired) electrons. The van der Waals surface area contributed by atoms with Crippen LogP contribution in [-0.2, 0) is 19.0 Å². The monoisotopic (exact) mass is 236 g/mol. The molecule has 0 aromatic rings. The molecule has 0 rings (SSSR count). The molecule has 2 atom stereocenters. The lowest BCUT2D eigenvalue weighted by Gasteiger charge is -2.20. The molecule has 3 N–H and O–H groups in total. The molecule has 0 saturated carbocycles. The normalized spacial score (nSPS) is 16.2. The second-order valence-corrected chi connectivity index (χ2v) is 2.90. The van der Waals surface area contributed by atoms with Crippen molar-refractivity contribution in [2.75, 3.05) is 27.9 Å². The highest BCUT2D eigenvalue weighted by Crippen LogP contribution is 2.13. The molecule has 0 aromatic carbocycles. The molecule has 0 aliphatic rings. The molecule has 7 nitrogen and oxygen atoms in total. The van der Waals surface area contributed by atoms with E-state index >= 15 is 0 Å². The van der Waals surface area contributed by atoms with E-state index in [0.717, 1.165) is 7.11 Å². The summed E-state index contributed by atoms with van der Waals surface area (Å²) in [6.07, 6.45) is -2.41. The first-order valence-corrected chi connectivity index (χ1v) is 4.39. The van der Waals surface area contributed by atoms with E-state index in [9.17, 15) is 15.0 Å². The highest BCUT2D eigenvalue weighted by Gasteiger charge is 2.28. The van der Waals surface area contributed by atoms with Crippen molar-refractivity contribution in [2.45, 2.75) is 12.2 Å². The maximum atomic E-state index is 10.6. The third-order valence-corrected chi connectivity index (χ3v) is 1.90. The van der Waals surface area contributed by atoms with Gasteiger partial charge in [0.25, 0.3) is 0 Å². The molecule has 16 heavy (non-hydrogen) atoms. The number of hydrogen-bond acceptors (Lipinski definition) is 6. The van der Waals surface area contributed by atoms with Crippen molar-refractivity contribution >= 4 is 5.97 Å². The van der Waals surface area contributed by atoms with E-state index in [1.807, 2.05) is 0 Å². The van der Waals surface area contributed by atoms with Gasteiger partial charge >= 0.3 is 5.97 Å². The molecule has 0 amide bonds. The minimum Gasteiger partial charge on any atom is -0.506 e. The van der Waals surface area contributed by atoms with Crippen LogP contribution in [0.25, 0.3) is 0 Å². The molecule has 0 spiro atoms. The van der Waals surface area contributed by atoms with Gasteiger partial charge in [-0.25, -0.2) is 4.79 Å². The molecular formula is C9H16O7. The number of carboxylic acids is 1. The minimum atomic E-state index is -1.53. The van der Waals surface area contributed by atoms with Gasteiger partial charge in [0.1, 0.15) is 12.2 Å². The Kier molecular flexibility index (Phi) is 6.47. The second kappa shape index (κ2) is 7.04. The first-order chi connectivity index (χ1) is 7.49. The SMILES string of the molecule is COCC(OC)C(O)C(O)=C(OC)C(=O)O. The lowest BCUT2D eigenvalue weighted by molar-refractivity contribution is -0.137. The van der Waals surface area contributed by atoms with Crippen LogP contribution in [0.4, 0.5) is 0 Å². The zero-order valence-corrected chi connectivity index (χ0v) is 9.34. The van der Waals surface area contributed by atoms with Gasteiger partial charge < -0.3 is 29.5 Å². The van der Waals surface area contributed by atoms with Gasteiger partial charge in [0.15, 0.2) is 5.76 Å². The molecule has 94 valence electrons. The molecule has 0 aliphatic heterocycles. The Bertz CT molecular complexity index is 261. The number of ether oxygens (including phenoxy) is 3. The summed E-state index contributed by atoms with van der Waals surface area (Å²) in [5, 5.41) is 27.7. The van der Waals surface area contributed by atoms with Crippen LogP contribution in [0.5, 0.6) is 0 Å². The maximum absolute atomic E-state index is 10.6. The average Bonchev–Trinajstić information content (AvgIpc) is 2.25. The van der Waals surface area contributed by atoms with Crippen molar-refractivity contribution in [3.8, 4) is 0 Å². The molecule has 7 heteroatoms. The third-order valence-electron chi connectivity index (χ3n) is 1.90. The Labute approximate surface area is 92.9 Å². The summed E-state index contributed by atoms with van der Waals surface area (Å²) in [6, 6.07) is 0. The van der Waals surface area contributed by atoms with Gasteiger partial charge in [0, 0.05) is 14.2 Å². The van der Waals surface area contributed by atoms with E-state index < -0.39 is 29.7 Å². The van der Waals surface area contributed by atoms with E-state index in [4.69, 9.17) is 14.6 Å². The number of rotatable bonds is 7. The molecule has 2 unspecified atom stereocenters. The van der Waals surface area contributed by atoms with E-state index in [1.54, 1.807) is 0 Å².